The van der Waals surface area contributed by atoms with Crippen LogP contribution in [0, 0.1) is 0 Å². The third-order valence-electron chi connectivity index (χ3n) is 7.39. The highest BCUT2D eigenvalue weighted by Crippen LogP contribution is 2.18. The Morgan fingerprint density at radius 3 is 2.40 bits per heavy atom. The second-order valence-corrected chi connectivity index (χ2v) is 10.2. The largest absolute Gasteiger partial charge is 0.497 e. The van der Waals surface area contributed by atoms with Gasteiger partial charge < -0.3 is 25.2 Å². The highest BCUT2D eigenvalue weighted by atomic mass is 16.5. The molecule has 3 aromatic rings. The minimum atomic E-state index is -0.871. The molecule has 0 spiro atoms. The number of nitrogens with one attached hydrogen (secondary N) is 2. The number of likely N-dealkylation sites (N-methyl/N-ethyl adjacent to an activating group) is 1. The molecule has 12 heteroatoms. The van der Waals surface area contributed by atoms with E-state index in [2.05, 4.69) is 20.8 Å². The van der Waals surface area contributed by atoms with Crippen molar-refractivity contribution in [2.45, 2.75) is 44.7 Å². The number of amides is 4. The van der Waals surface area contributed by atoms with Crippen LogP contribution in [0.1, 0.15) is 42.1 Å². The molecule has 1 aliphatic heterocycles. The van der Waals surface area contributed by atoms with Gasteiger partial charge in [-0.05, 0) is 49.6 Å². The van der Waals surface area contributed by atoms with E-state index in [0.29, 0.717) is 49.5 Å². The second kappa shape index (κ2) is 14.2. The van der Waals surface area contributed by atoms with Crippen molar-refractivity contribution in [2.75, 3.05) is 33.8 Å². The molecule has 2 heterocycles. The average Bonchev–Trinajstić information content (AvgIpc) is 3.55. The molecule has 4 rings (SSSR count). The molecule has 42 heavy (non-hydrogen) atoms. The first-order chi connectivity index (χ1) is 20.3. The van der Waals surface area contributed by atoms with Crippen molar-refractivity contribution >= 4 is 23.6 Å². The SMILES string of the molecule is COc1ccc(C[C@@H]2NC(=O)CCCN(C(=O)c3ccccc3-n3cnnc3)CCCNC(=O)[C@H](C)N(C)C2=O)cc1. The van der Waals surface area contributed by atoms with Crippen LogP contribution in [0.3, 0.4) is 0 Å². The van der Waals surface area contributed by atoms with Gasteiger partial charge in [0.2, 0.25) is 17.7 Å². The van der Waals surface area contributed by atoms with Gasteiger partial charge in [0, 0.05) is 39.5 Å². The number of carbonyl (C=O) groups is 4. The molecule has 222 valence electrons. The quantitative estimate of drug-likeness (QED) is 0.471. The van der Waals surface area contributed by atoms with Gasteiger partial charge in [-0.1, -0.05) is 24.3 Å². The van der Waals surface area contributed by atoms with Crippen LogP contribution in [0.5, 0.6) is 5.75 Å². The molecule has 0 saturated carbocycles. The number of nitrogens with zero attached hydrogens (tertiary/aromatic N) is 5. The summed E-state index contributed by atoms with van der Waals surface area (Å²) in [7, 11) is 3.14. The van der Waals surface area contributed by atoms with Crippen molar-refractivity contribution in [3.8, 4) is 11.4 Å². The Morgan fingerprint density at radius 2 is 1.69 bits per heavy atom. The summed E-state index contributed by atoms with van der Waals surface area (Å²) in [4.78, 5) is 56.2. The molecule has 0 radical (unpaired) electrons. The Morgan fingerprint density at radius 1 is 1.00 bits per heavy atom. The van der Waals surface area contributed by atoms with E-state index in [1.165, 1.54) is 17.6 Å². The molecule has 2 aromatic carbocycles. The Kier molecular flexibility index (Phi) is 10.2. The third kappa shape index (κ3) is 7.50. The maximum atomic E-state index is 13.7. The summed E-state index contributed by atoms with van der Waals surface area (Å²) in [5, 5.41) is 13.4. The smallest absolute Gasteiger partial charge is 0.255 e. The molecule has 0 bridgehead atoms. The summed E-state index contributed by atoms with van der Waals surface area (Å²) in [6.07, 6.45) is 4.33. The molecule has 12 nitrogen and oxygen atoms in total. The van der Waals surface area contributed by atoms with Crippen molar-refractivity contribution < 1.29 is 23.9 Å². The van der Waals surface area contributed by atoms with Crippen LogP contribution in [-0.4, -0.2) is 94.1 Å². The summed E-state index contributed by atoms with van der Waals surface area (Å²) in [5.41, 5.74) is 1.96. The van der Waals surface area contributed by atoms with Gasteiger partial charge in [-0.15, -0.1) is 10.2 Å². The molecule has 4 amide bonds. The lowest BCUT2D eigenvalue weighted by Gasteiger charge is -2.29. The number of rotatable bonds is 5. The molecule has 1 aliphatic rings. The van der Waals surface area contributed by atoms with Crippen molar-refractivity contribution in [2.24, 2.45) is 0 Å². The van der Waals surface area contributed by atoms with Crippen LogP contribution < -0.4 is 15.4 Å². The monoisotopic (exact) mass is 575 g/mol. The van der Waals surface area contributed by atoms with Gasteiger partial charge in [0.15, 0.2) is 0 Å². The summed E-state index contributed by atoms with van der Waals surface area (Å²) in [5.74, 6) is -0.497. The molecular weight excluding hydrogens is 538 g/mol. The maximum Gasteiger partial charge on any atom is 0.255 e. The molecule has 1 aromatic heterocycles. The molecule has 1 saturated heterocycles. The summed E-state index contributed by atoms with van der Waals surface area (Å²) < 4.78 is 6.89. The lowest BCUT2D eigenvalue weighted by molar-refractivity contribution is -0.141. The van der Waals surface area contributed by atoms with Crippen molar-refractivity contribution in [1.29, 1.82) is 0 Å². The van der Waals surface area contributed by atoms with E-state index in [-0.39, 0.29) is 36.5 Å². The van der Waals surface area contributed by atoms with E-state index in [0.717, 1.165) is 5.56 Å². The zero-order valence-corrected chi connectivity index (χ0v) is 24.2. The first kappa shape index (κ1) is 30.2. The Labute approximate surface area is 245 Å². The highest BCUT2D eigenvalue weighted by molar-refractivity contribution is 5.98. The zero-order chi connectivity index (χ0) is 30.1. The van der Waals surface area contributed by atoms with Gasteiger partial charge in [-0.3, -0.25) is 23.7 Å². The molecule has 2 N–H and O–H groups in total. The normalized spacial score (nSPS) is 19.4. The predicted molar refractivity (Wildman–Crippen MR) is 155 cm³/mol. The topological polar surface area (TPSA) is 139 Å². The summed E-state index contributed by atoms with van der Waals surface area (Å²) in [6, 6.07) is 12.8. The Bertz CT molecular complexity index is 1380. The van der Waals surface area contributed by atoms with Crippen LogP contribution in [0.2, 0.25) is 0 Å². The molecule has 0 unspecified atom stereocenters. The first-order valence-electron chi connectivity index (χ1n) is 14.0. The van der Waals surface area contributed by atoms with Crippen molar-refractivity contribution in [3.63, 3.8) is 0 Å². The zero-order valence-electron chi connectivity index (χ0n) is 24.2. The summed E-state index contributed by atoms with van der Waals surface area (Å²) in [6.45, 7) is 2.68. The van der Waals surface area contributed by atoms with Crippen molar-refractivity contribution in [3.05, 3.63) is 72.3 Å². The lowest BCUT2D eigenvalue weighted by atomic mass is 10.0. The molecule has 1 fully saturated rings. The second-order valence-electron chi connectivity index (χ2n) is 10.2. The fourth-order valence-corrected chi connectivity index (χ4v) is 4.83. The Hall–Kier alpha value is -4.74. The number of hydrogen-bond acceptors (Lipinski definition) is 7. The predicted octanol–water partition coefficient (Wildman–Crippen LogP) is 1.59. The van der Waals surface area contributed by atoms with Gasteiger partial charge >= 0.3 is 0 Å². The van der Waals surface area contributed by atoms with Crippen LogP contribution >= 0.6 is 0 Å². The molecule has 0 aliphatic carbocycles. The van der Waals surface area contributed by atoms with E-state index < -0.39 is 12.1 Å². The number of methoxy groups -OCH3 is 1. The van der Waals surface area contributed by atoms with E-state index >= 15 is 0 Å². The molecule has 2 atom stereocenters. The Balaban J connectivity index is 1.53. The van der Waals surface area contributed by atoms with E-state index in [1.54, 1.807) is 54.8 Å². The number of aromatic nitrogens is 3. The highest BCUT2D eigenvalue weighted by Gasteiger charge is 2.30. The fraction of sp³-hybridized carbons (Fsp3) is 0.400. The van der Waals surface area contributed by atoms with Crippen LogP contribution in [0.15, 0.2) is 61.2 Å². The van der Waals surface area contributed by atoms with Gasteiger partial charge in [-0.2, -0.15) is 0 Å². The minimum absolute atomic E-state index is 0.125. The fourth-order valence-electron chi connectivity index (χ4n) is 4.83. The number of ether oxygens (including phenoxy) is 1. The van der Waals surface area contributed by atoms with E-state index in [4.69, 9.17) is 4.74 Å². The van der Waals surface area contributed by atoms with Gasteiger partial charge in [0.25, 0.3) is 5.91 Å². The third-order valence-corrected chi connectivity index (χ3v) is 7.39. The minimum Gasteiger partial charge on any atom is -0.497 e. The van der Waals surface area contributed by atoms with Crippen LogP contribution in [-0.2, 0) is 20.8 Å². The standard InChI is InChI=1S/C30H37N7O5/c1-21-28(39)31-15-7-17-36(29(40)24-8-4-5-9-26(24)37-19-32-33-20-37)16-6-10-27(38)34-25(30(41)35(21)2)18-22-11-13-23(42-3)14-12-22/h4-5,8-9,11-14,19-21,25H,6-7,10,15-18H2,1-3H3,(H,31,39)(H,34,38)/t21-,25-/m0/s1. The van der Waals surface area contributed by atoms with Crippen LogP contribution in [0.25, 0.3) is 5.69 Å². The molecular formula is C30H37N7O5. The van der Waals surface area contributed by atoms with Gasteiger partial charge in [-0.25, -0.2) is 0 Å². The maximum absolute atomic E-state index is 13.7. The van der Waals surface area contributed by atoms with E-state index in [9.17, 15) is 19.2 Å². The van der Waals surface area contributed by atoms with Gasteiger partial charge in [0.05, 0.1) is 18.4 Å². The van der Waals surface area contributed by atoms with Gasteiger partial charge in [0.1, 0.15) is 30.5 Å². The number of benzene rings is 2. The number of para-hydroxylation sites is 1. The average molecular weight is 576 g/mol. The summed E-state index contributed by atoms with van der Waals surface area (Å²) >= 11 is 0. The van der Waals surface area contributed by atoms with Crippen molar-refractivity contribution in [1.82, 2.24) is 35.2 Å². The van der Waals surface area contributed by atoms with Crippen LogP contribution in [0.4, 0.5) is 0 Å². The van der Waals surface area contributed by atoms with E-state index in [1.807, 2.05) is 24.3 Å². The first-order valence-corrected chi connectivity index (χ1v) is 14.0. The number of hydrogen-bond donors (Lipinski definition) is 2. The number of carbonyl (C=O) groups excluding carboxylic acids is 4. The lowest BCUT2D eigenvalue weighted by Crippen LogP contribution is -2.54.